The molecule has 0 spiro atoms. The maximum Gasteiger partial charge on any atom is 0.339 e. The fourth-order valence-electron chi connectivity index (χ4n) is 1.50. The molecule has 2 aromatic rings. The van der Waals surface area contributed by atoms with E-state index in [4.69, 9.17) is 16.7 Å². The summed E-state index contributed by atoms with van der Waals surface area (Å²) in [6, 6.07) is 6.46. The number of carbonyl (C=O) groups is 2. The lowest BCUT2D eigenvalue weighted by Gasteiger charge is -1.98. The van der Waals surface area contributed by atoms with Crippen LogP contribution in [0.3, 0.4) is 0 Å². The molecule has 0 bridgehead atoms. The number of esters is 2. The van der Waals surface area contributed by atoms with Crippen LogP contribution in [0.1, 0.15) is 32.1 Å². The van der Waals surface area contributed by atoms with E-state index < -0.39 is 5.97 Å². The SMILES string of the molecule is COC(=O)c1ccc(CCl)nc1.COC(=O)c1ccc(CO)nc1. The van der Waals surface area contributed by atoms with Gasteiger partial charge in [-0.2, -0.15) is 0 Å². The van der Waals surface area contributed by atoms with E-state index in [-0.39, 0.29) is 12.6 Å². The molecule has 1 N–H and O–H groups in total. The summed E-state index contributed by atoms with van der Waals surface area (Å²) in [7, 11) is 2.64. The fourth-order valence-corrected chi connectivity index (χ4v) is 1.66. The standard InChI is InChI=1S/C8H8ClNO2.C8H9NO3/c1-12-8(11)6-2-3-7(4-9)10-5-6;1-12-8(11)6-2-3-7(5-10)9-4-6/h2-3,5H,4H2,1H3;2-4,10H,5H2,1H3. The number of alkyl halides is 1. The first-order valence-corrected chi connectivity index (χ1v) is 7.32. The third kappa shape index (κ3) is 5.94. The van der Waals surface area contributed by atoms with E-state index in [9.17, 15) is 9.59 Å². The maximum absolute atomic E-state index is 10.9. The minimum Gasteiger partial charge on any atom is -0.465 e. The summed E-state index contributed by atoms with van der Waals surface area (Å²) < 4.78 is 8.97. The van der Waals surface area contributed by atoms with Crippen molar-refractivity contribution in [2.75, 3.05) is 14.2 Å². The Morgan fingerprint density at radius 3 is 1.71 bits per heavy atom. The van der Waals surface area contributed by atoms with Gasteiger partial charge in [-0.15, -0.1) is 11.6 Å². The minimum absolute atomic E-state index is 0.124. The predicted molar refractivity (Wildman–Crippen MR) is 86.6 cm³/mol. The topological polar surface area (TPSA) is 98.6 Å². The van der Waals surface area contributed by atoms with Crippen LogP contribution in [0.15, 0.2) is 36.7 Å². The molecule has 0 saturated carbocycles. The van der Waals surface area contributed by atoms with Crippen molar-refractivity contribution in [3.8, 4) is 0 Å². The normalized spacial score (nSPS) is 9.50. The van der Waals surface area contributed by atoms with Crippen LogP contribution < -0.4 is 0 Å². The number of hydrogen-bond donors (Lipinski definition) is 1. The van der Waals surface area contributed by atoms with Crippen molar-refractivity contribution in [3.63, 3.8) is 0 Å². The van der Waals surface area contributed by atoms with Gasteiger partial charge in [0.2, 0.25) is 0 Å². The van der Waals surface area contributed by atoms with Crippen molar-refractivity contribution in [1.82, 2.24) is 9.97 Å². The first-order chi connectivity index (χ1) is 11.5. The largest absolute Gasteiger partial charge is 0.465 e. The molecule has 0 atom stereocenters. The second-order valence-corrected chi connectivity index (χ2v) is 4.62. The molecule has 0 saturated heterocycles. The molecule has 0 aromatic carbocycles. The zero-order chi connectivity index (χ0) is 17.9. The predicted octanol–water partition coefficient (Wildman–Crippen LogP) is 1.97. The number of aromatic nitrogens is 2. The number of aliphatic hydroxyl groups is 1. The molecule has 0 amide bonds. The van der Waals surface area contributed by atoms with E-state index in [0.717, 1.165) is 5.69 Å². The molecule has 0 unspecified atom stereocenters. The van der Waals surface area contributed by atoms with Crippen molar-refractivity contribution < 1.29 is 24.2 Å². The lowest BCUT2D eigenvalue weighted by atomic mass is 10.2. The van der Waals surface area contributed by atoms with Gasteiger partial charge in [-0.3, -0.25) is 9.97 Å². The second-order valence-electron chi connectivity index (χ2n) is 4.35. The summed E-state index contributed by atoms with van der Waals surface area (Å²) >= 11 is 5.51. The number of halogens is 1. The number of nitrogens with zero attached hydrogens (tertiary/aromatic N) is 2. The van der Waals surface area contributed by atoms with Crippen LogP contribution in [0, 0.1) is 0 Å². The van der Waals surface area contributed by atoms with E-state index in [1.165, 1.54) is 26.6 Å². The van der Waals surface area contributed by atoms with Gasteiger partial charge in [-0.05, 0) is 24.3 Å². The fraction of sp³-hybridized carbons (Fsp3) is 0.250. The molecule has 0 aliphatic carbocycles. The Hall–Kier alpha value is -2.51. The number of rotatable bonds is 4. The first-order valence-electron chi connectivity index (χ1n) is 6.79. The van der Waals surface area contributed by atoms with Gasteiger partial charge < -0.3 is 14.6 Å². The average Bonchev–Trinajstić information content (AvgIpc) is 2.67. The third-order valence-corrected chi connectivity index (χ3v) is 3.06. The zero-order valence-electron chi connectivity index (χ0n) is 13.2. The van der Waals surface area contributed by atoms with Gasteiger partial charge in [0.1, 0.15) is 0 Å². The van der Waals surface area contributed by atoms with Crippen LogP contribution in [0.2, 0.25) is 0 Å². The van der Waals surface area contributed by atoms with Gasteiger partial charge in [0.25, 0.3) is 0 Å². The molecular formula is C16H17ClN2O5. The molecule has 2 rings (SSSR count). The number of pyridine rings is 2. The monoisotopic (exact) mass is 352 g/mol. The van der Waals surface area contributed by atoms with Gasteiger partial charge >= 0.3 is 11.9 Å². The summed E-state index contributed by atoms with van der Waals surface area (Å²) in [5.74, 6) is -0.461. The Bertz CT molecular complexity index is 600. The van der Waals surface area contributed by atoms with Gasteiger partial charge in [-0.1, -0.05) is 0 Å². The van der Waals surface area contributed by atoms with Gasteiger partial charge in [-0.25, -0.2) is 9.59 Å². The van der Waals surface area contributed by atoms with Gasteiger partial charge in [0, 0.05) is 12.4 Å². The molecule has 0 radical (unpaired) electrons. The molecule has 0 fully saturated rings. The molecule has 24 heavy (non-hydrogen) atoms. The van der Waals surface area contributed by atoms with Gasteiger partial charge in [0.15, 0.2) is 0 Å². The van der Waals surface area contributed by atoms with Crippen LogP contribution in [0.5, 0.6) is 0 Å². The highest BCUT2D eigenvalue weighted by Crippen LogP contribution is 2.03. The zero-order valence-corrected chi connectivity index (χ0v) is 14.0. The maximum atomic E-state index is 10.9. The Labute approximate surface area is 144 Å². The molecule has 8 heteroatoms. The number of carbonyl (C=O) groups excluding carboxylic acids is 2. The Morgan fingerprint density at radius 2 is 1.42 bits per heavy atom. The van der Waals surface area contributed by atoms with E-state index in [1.807, 2.05) is 0 Å². The molecule has 2 heterocycles. The smallest absolute Gasteiger partial charge is 0.339 e. The van der Waals surface area contributed by atoms with Crippen LogP contribution in [0.25, 0.3) is 0 Å². The molecule has 2 aromatic heterocycles. The number of ether oxygens (including phenoxy) is 2. The summed E-state index contributed by atoms with van der Waals surface area (Å²) in [5.41, 5.74) is 2.09. The Morgan fingerprint density at radius 1 is 0.958 bits per heavy atom. The number of aliphatic hydroxyl groups excluding tert-OH is 1. The van der Waals surface area contributed by atoms with Crippen molar-refractivity contribution in [1.29, 1.82) is 0 Å². The van der Waals surface area contributed by atoms with Crippen molar-refractivity contribution in [2.24, 2.45) is 0 Å². The van der Waals surface area contributed by atoms with Crippen LogP contribution >= 0.6 is 11.6 Å². The lowest BCUT2D eigenvalue weighted by molar-refractivity contribution is 0.0591. The van der Waals surface area contributed by atoms with E-state index in [2.05, 4.69) is 19.4 Å². The lowest BCUT2D eigenvalue weighted by Crippen LogP contribution is -2.02. The van der Waals surface area contributed by atoms with Crippen LogP contribution in [0.4, 0.5) is 0 Å². The minimum atomic E-state index is -0.424. The summed E-state index contributed by atoms with van der Waals surface area (Å²) in [4.78, 5) is 29.6. The van der Waals surface area contributed by atoms with Crippen LogP contribution in [-0.4, -0.2) is 41.2 Å². The highest BCUT2D eigenvalue weighted by molar-refractivity contribution is 6.16. The highest BCUT2D eigenvalue weighted by atomic mass is 35.5. The summed E-state index contributed by atoms with van der Waals surface area (Å²) in [6.07, 6.45) is 2.82. The van der Waals surface area contributed by atoms with Crippen molar-refractivity contribution >= 4 is 23.5 Å². The summed E-state index contributed by atoms with van der Waals surface area (Å²) in [6.45, 7) is -0.124. The molecular weight excluding hydrogens is 336 g/mol. The van der Waals surface area contributed by atoms with E-state index >= 15 is 0 Å². The molecule has 0 aliphatic heterocycles. The number of methoxy groups -OCH3 is 2. The quantitative estimate of drug-likeness (QED) is 0.663. The summed E-state index contributed by atoms with van der Waals surface area (Å²) in [5, 5.41) is 8.65. The molecule has 0 aliphatic rings. The number of hydrogen-bond acceptors (Lipinski definition) is 7. The molecule has 7 nitrogen and oxygen atoms in total. The Kier molecular flexibility index (Phi) is 8.38. The van der Waals surface area contributed by atoms with E-state index in [1.54, 1.807) is 24.3 Å². The second kappa shape index (κ2) is 10.3. The molecule has 128 valence electrons. The van der Waals surface area contributed by atoms with Crippen molar-refractivity contribution in [3.05, 3.63) is 59.2 Å². The van der Waals surface area contributed by atoms with Gasteiger partial charge in [0.05, 0.1) is 49.2 Å². The van der Waals surface area contributed by atoms with E-state index in [0.29, 0.717) is 22.7 Å². The third-order valence-electron chi connectivity index (χ3n) is 2.79. The van der Waals surface area contributed by atoms with Crippen LogP contribution in [-0.2, 0) is 22.0 Å². The first kappa shape index (κ1) is 19.5. The Balaban J connectivity index is 0.000000240. The average molecular weight is 353 g/mol. The highest BCUT2D eigenvalue weighted by Gasteiger charge is 2.05. The van der Waals surface area contributed by atoms with Crippen molar-refractivity contribution in [2.45, 2.75) is 12.5 Å².